The molecule has 2 rings (SSSR count). The van der Waals surface area contributed by atoms with Gasteiger partial charge in [0.15, 0.2) is 0 Å². The predicted octanol–water partition coefficient (Wildman–Crippen LogP) is 4.14. The Morgan fingerprint density at radius 2 is 1.96 bits per heavy atom. The van der Waals surface area contributed by atoms with Gasteiger partial charge < -0.3 is 15.0 Å². The average molecular weight is 350 g/mol. The summed E-state index contributed by atoms with van der Waals surface area (Å²) >= 11 is 0. The van der Waals surface area contributed by atoms with E-state index in [1.165, 1.54) is 12.1 Å². The monoisotopic (exact) mass is 350 g/mol. The Morgan fingerprint density at radius 1 is 1.28 bits per heavy atom. The van der Waals surface area contributed by atoms with Crippen molar-refractivity contribution < 1.29 is 13.9 Å². The first-order valence-electron chi connectivity index (χ1n) is 9.21. The van der Waals surface area contributed by atoms with Crippen LogP contribution in [0.4, 0.5) is 9.18 Å². The second-order valence-corrected chi connectivity index (χ2v) is 7.99. The molecule has 4 nitrogen and oxygen atoms in total. The summed E-state index contributed by atoms with van der Waals surface area (Å²) in [5.74, 6) is -0.199. The van der Waals surface area contributed by atoms with Crippen LogP contribution in [0.2, 0.25) is 0 Å². The van der Waals surface area contributed by atoms with Crippen molar-refractivity contribution in [1.29, 1.82) is 0 Å². The van der Waals surface area contributed by atoms with E-state index >= 15 is 0 Å². The molecule has 1 aromatic rings. The quantitative estimate of drug-likeness (QED) is 0.887. The van der Waals surface area contributed by atoms with Crippen LogP contribution in [-0.4, -0.2) is 41.8 Å². The van der Waals surface area contributed by atoms with Crippen LogP contribution in [0, 0.1) is 5.82 Å². The number of halogens is 1. The molecule has 2 unspecified atom stereocenters. The van der Waals surface area contributed by atoms with Crippen molar-refractivity contribution in [2.24, 2.45) is 0 Å². The highest BCUT2D eigenvalue weighted by molar-refractivity contribution is 5.68. The van der Waals surface area contributed by atoms with Crippen LogP contribution < -0.4 is 5.32 Å². The smallest absolute Gasteiger partial charge is 0.410 e. The van der Waals surface area contributed by atoms with Crippen molar-refractivity contribution in [1.82, 2.24) is 10.2 Å². The van der Waals surface area contributed by atoms with Gasteiger partial charge in [0.05, 0.1) is 0 Å². The Morgan fingerprint density at radius 3 is 2.60 bits per heavy atom. The lowest BCUT2D eigenvalue weighted by Gasteiger charge is -2.26. The van der Waals surface area contributed by atoms with Crippen LogP contribution in [0.15, 0.2) is 24.3 Å². The second kappa shape index (κ2) is 8.65. The van der Waals surface area contributed by atoms with Crippen molar-refractivity contribution in [2.45, 2.75) is 71.1 Å². The lowest BCUT2D eigenvalue weighted by Crippen LogP contribution is -2.40. The van der Waals surface area contributed by atoms with Gasteiger partial charge in [0, 0.05) is 25.2 Å². The lowest BCUT2D eigenvalue weighted by atomic mass is 10.0. The molecule has 2 atom stereocenters. The molecule has 1 N–H and O–H groups in total. The zero-order valence-corrected chi connectivity index (χ0v) is 15.8. The molecule has 1 heterocycles. The van der Waals surface area contributed by atoms with E-state index in [1.54, 1.807) is 0 Å². The number of nitrogens with one attached hydrogen (secondary N) is 1. The van der Waals surface area contributed by atoms with Crippen LogP contribution in [0.25, 0.3) is 0 Å². The largest absolute Gasteiger partial charge is 0.444 e. The van der Waals surface area contributed by atoms with Crippen LogP contribution in [0.5, 0.6) is 0 Å². The number of hydrogen-bond donors (Lipinski definition) is 1. The molecule has 1 amide bonds. The Balaban J connectivity index is 1.80. The van der Waals surface area contributed by atoms with Crippen LogP contribution in [0.3, 0.4) is 0 Å². The fraction of sp³-hybridized carbons (Fsp3) is 0.650. The Hall–Kier alpha value is -1.62. The van der Waals surface area contributed by atoms with Gasteiger partial charge in [-0.15, -0.1) is 0 Å². The molecule has 0 radical (unpaired) electrons. The first-order valence-corrected chi connectivity index (χ1v) is 9.21. The second-order valence-electron chi connectivity index (χ2n) is 7.99. The molecule has 1 saturated heterocycles. The van der Waals surface area contributed by atoms with Crippen molar-refractivity contribution in [3.05, 3.63) is 35.6 Å². The van der Waals surface area contributed by atoms with E-state index in [1.807, 2.05) is 37.8 Å². The number of likely N-dealkylation sites (tertiary alicyclic amines) is 1. The van der Waals surface area contributed by atoms with Crippen LogP contribution in [0.1, 0.15) is 52.5 Å². The first kappa shape index (κ1) is 19.7. The van der Waals surface area contributed by atoms with Gasteiger partial charge in [0.25, 0.3) is 0 Å². The third-order valence-electron chi connectivity index (χ3n) is 4.36. The fourth-order valence-corrected chi connectivity index (χ4v) is 3.21. The molecule has 0 spiro atoms. The van der Waals surface area contributed by atoms with Crippen molar-refractivity contribution in [3.63, 3.8) is 0 Å². The highest BCUT2D eigenvalue weighted by Gasteiger charge is 2.25. The van der Waals surface area contributed by atoms with Gasteiger partial charge >= 0.3 is 6.09 Å². The molecule has 1 fully saturated rings. The number of ether oxygens (including phenoxy) is 1. The molecule has 0 bridgehead atoms. The Kier molecular flexibility index (Phi) is 6.82. The van der Waals surface area contributed by atoms with E-state index in [0.717, 1.165) is 44.3 Å². The molecule has 1 aliphatic heterocycles. The summed E-state index contributed by atoms with van der Waals surface area (Å²) in [7, 11) is 0. The van der Waals surface area contributed by atoms with Crippen LogP contribution >= 0.6 is 0 Å². The van der Waals surface area contributed by atoms with Crippen molar-refractivity contribution in [3.8, 4) is 0 Å². The van der Waals surface area contributed by atoms with Gasteiger partial charge in [-0.1, -0.05) is 12.1 Å². The van der Waals surface area contributed by atoms with Crippen molar-refractivity contribution >= 4 is 6.09 Å². The summed E-state index contributed by atoms with van der Waals surface area (Å²) in [5.41, 5.74) is 0.676. The molecule has 140 valence electrons. The molecule has 1 aromatic carbocycles. The normalized spacial score (nSPS) is 20.0. The van der Waals surface area contributed by atoms with Gasteiger partial charge in [-0.05, 0) is 71.1 Å². The molecule has 0 saturated carbocycles. The summed E-state index contributed by atoms with van der Waals surface area (Å²) in [6.45, 7) is 9.30. The van der Waals surface area contributed by atoms with Gasteiger partial charge in [0.1, 0.15) is 11.4 Å². The van der Waals surface area contributed by atoms with E-state index in [2.05, 4.69) is 12.2 Å². The summed E-state index contributed by atoms with van der Waals surface area (Å²) in [6, 6.07) is 7.39. The molecule has 0 aromatic heterocycles. The minimum absolute atomic E-state index is 0.199. The van der Waals surface area contributed by atoms with E-state index < -0.39 is 5.60 Å². The van der Waals surface area contributed by atoms with Crippen molar-refractivity contribution in [2.75, 3.05) is 13.1 Å². The average Bonchev–Trinajstić information content (AvgIpc) is 2.73. The SMILES string of the molecule is CC(Cc1ccc(F)cc1)NC1CCCN(C(=O)OC(C)(C)C)CC1. The topological polar surface area (TPSA) is 41.6 Å². The fourth-order valence-electron chi connectivity index (χ4n) is 3.21. The molecular formula is C20H31FN2O2. The maximum atomic E-state index is 13.0. The van der Waals surface area contributed by atoms with E-state index in [-0.39, 0.29) is 11.9 Å². The molecule has 25 heavy (non-hydrogen) atoms. The lowest BCUT2D eigenvalue weighted by molar-refractivity contribution is 0.0256. The third kappa shape index (κ3) is 7.02. The summed E-state index contributed by atoms with van der Waals surface area (Å²) < 4.78 is 18.5. The highest BCUT2D eigenvalue weighted by atomic mass is 19.1. The Bertz CT molecular complexity index is 554. The summed E-state index contributed by atoms with van der Waals surface area (Å²) in [5, 5.41) is 3.66. The van der Waals surface area contributed by atoms with Gasteiger partial charge in [-0.3, -0.25) is 0 Å². The number of carbonyl (C=O) groups excluding carboxylic acids is 1. The summed E-state index contributed by atoms with van der Waals surface area (Å²) in [4.78, 5) is 14.0. The van der Waals surface area contributed by atoms with Gasteiger partial charge in [-0.25, -0.2) is 9.18 Å². The van der Waals surface area contributed by atoms with Gasteiger partial charge in [0.2, 0.25) is 0 Å². The maximum absolute atomic E-state index is 13.0. The number of rotatable bonds is 4. The Labute approximate surface area is 150 Å². The minimum atomic E-state index is -0.454. The molecule has 1 aliphatic rings. The highest BCUT2D eigenvalue weighted by Crippen LogP contribution is 2.16. The number of carbonyl (C=O) groups is 1. The molecule has 0 aliphatic carbocycles. The van der Waals surface area contributed by atoms with Crippen LogP contribution in [-0.2, 0) is 11.2 Å². The maximum Gasteiger partial charge on any atom is 0.410 e. The van der Waals surface area contributed by atoms with E-state index in [9.17, 15) is 9.18 Å². The standard InChI is InChI=1S/C20H31FN2O2/c1-15(14-16-7-9-17(21)10-8-16)22-18-6-5-12-23(13-11-18)19(24)25-20(2,3)4/h7-10,15,18,22H,5-6,11-14H2,1-4H3. The number of nitrogens with zero attached hydrogens (tertiary/aromatic N) is 1. The number of hydrogen-bond acceptors (Lipinski definition) is 3. The first-order chi connectivity index (χ1) is 11.7. The summed E-state index contributed by atoms with van der Waals surface area (Å²) in [6.07, 6.45) is 3.60. The molecular weight excluding hydrogens is 319 g/mol. The number of benzene rings is 1. The van der Waals surface area contributed by atoms with E-state index in [4.69, 9.17) is 4.74 Å². The minimum Gasteiger partial charge on any atom is -0.444 e. The zero-order valence-electron chi connectivity index (χ0n) is 15.8. The van der Waals surface area contributed by atoms with Gasteiger partial charge in [-0.2, -0.15) is 0 Å². The molecule has 5 heteroatoms. The zero-order chi connectivity index (χ0) is 18.4. The number of amides is 1. The third-order valence-corrected chi connectivity index (χ3v) is 4.36. The van der Waals surface area contributed by atoms with E-state index in [0.29, 0.717) is 12.1 Å². The predicted molar refractivity (Wildman–Crippen MR) is 98.1 cm³/mol.